The second kappa shape index (κ2) is 9.90. The molecule has 188 valence electrons. The third-order valence-corrected chi connectivity index (χ3v) is 6.47. The lowest BCUT2D eigenvalue weighted by molar-refractivity contribution is -0.137. The van der Waals surface area contributed by atoms with Crippen molar-refractivity contribution in [3.05, 3.63) is 66.9 Å². The average Bonchev–Trinajstić information content (AvgIpc) is 3.49. The Morgan fingerprint density at radius 2 is 1.95 bits per heavy atom. The summed E-state index contributed by atoms with van der Waals surface area (Å²) < 4.78 is 16.6. The highest BCUT2D eigenvalue weighted by Gasteiger charge is 2.42. The molecule has 1 aliphatic rings. The summed E-state index contributed by atoms with van der Waals surface area (Å²) >= 11 is 6.20. The van der Waals surface area contributed by atoms with Crippen LogP contribution >= 0.6 is 11.8 Å². The normalized spacial score (nSPS) is 17.2. The Morgan fingerprint density at radius 1 is 1.11 bits per heavy atom. The number of carbonyl (C=O) groups excluding carboxylic acids is 3. The number of amides is 3. The van der Waals surface area contributed by atoms with Crippen LogP contribution in [0.5, 0.6) is 0 Å². The molecule has 0 unspecified atom stereocenters. The van der Waals surface area contributed by atoms with Gasteiger partial charge in [-0.1, -0.05) is 6.07 Å². The molecule has 0 aliphatic carbocycles. The first-order valence-electron chi connectivity index (χ1n) is 11.2. The van der Waals surface area contributed by atoms with Gasteiger partial charge in [0, 0.05) is 35.3 Å². The van der Waals surface area contributed by atoms with Gasteiger partial charge in [-0.05, 0) is 35.9 Å². The predicted molar refractivity (Wildman–Crippen MR) is 132 cm³/mol. The highest BCUT2D eigenvalue weighted by molar-refractivity contribution is 6.37. The number of anilines is 1. The van der Waals surface area contributed by atoms with E-state index in [1.807, 2.05) is 0 Å². The minimum atomic E-state index is -1.40. The van der Waals surface area contributed by atoms with E-state index in [1.54, 1.807) is 48.8 Å². The number of alkyl halides is 1. The zero-order valence-corrected chi connectivity index (χ0v) is 20.0. The number of hydrogen-bond donors (Lipinski definition) is 1. The Labute approximate surface area is 214 Å². The molecule has 1 aliphatic heterocycles. The lowest BCUT2D eigenvalue weighted by Crippen LogP contribution is -2.46. The summed E-state index contributed by atoms with van der Waals surface area (Å²) in [6, 6.07) is 9.03. The second-order valence-electron chi connectivity index (χ2n) is 8.46. The van der Waals surface area contributed by atoms with Gasteiger partial charge in [0.1, 0.15) is 18.8 Å². The Morgan fingerprint density at radius 3 is 2.65 bits per heavy atom. The fourth-order valence-corrected chi connectivity index (χ4v) is 4.58. The quantitative estimate of drug-likeness (QED) is 0.382. The van der Waals surface area contributed by atoms with E-state index in [9.17, 15) is 18.8 Å². The molecule has 0 radical (unpaired) electrons. The second-order valence-corrected chi connectivity index (χ2v) is 8.80. The summed E-state index contributed by atoms with van der Waals surface area (Å²) in [6.45, 7) is -0.611. The van der Waals surface area contributed by atoms with Crippen LogP contribution in [-0.2, 0) is 16.1 Å². The van der Waals surface area contributed by atoms with Crippen LogP contribution in [0.4, 0.5) is 10.1 Å². The SMILES string of the molecule is NC(=O)c1nn(CC(=O)N2C[C@H](F)C[C@H]2C(=O)N(Cl)c2cccnc2)c2ccc(-c3ccnnc3)cc12. The van der Waals surface area contributed by atoms with Gasteiger partial charge in [0.2, 0.25) is 5.91 Å². The van der Waals surface area contributed by atoms with Crippen molar-refractivity contribution in [1.29, 1.82) is 0 Å². The number of hydrogen-bond acceptors (Lipinski definition) is 7. The summed E-state index contributed by atoms with van der Waals surface area (Å²) in [5.41, 5.74) is 7.82. The third-order valence-electron chi connectivity index (χ3n) is 6.11. The van der Waals surface area contributed by atoms with Crippen LogP contribution in [0.25, 0.3) is 22.0 Å². The number of fused-ring (bicyclic) bond motifs is 1. The fourth-order valence-electron chi connectivity index (χ4n) is 4.36. The Bertz CT molecular complexity index is 1480. The van der Waals surface area contributed by atoms with Crippen molar-refractivity contribution in [3.63, 3.8) is 0 Å². The van der Waals surface area contributed by atoms with Crippen molar-refractivity contribution in [2.45, 2.75) is 25.2 Å². The number of carbonyl (C=O) groups is 3. The molecule has 2 atom stereocenters. The highest BCUT2D eigenvalue weighted by Crippen LogP contribution is 2.28. The molecule has 3 amide bonds. The number of nitrogens with two attached hydrogens (primary N) is 1. The maximum atomic E-state index is 14.4. The van der Waals surface area contributed by atoms with Gasteiger partial charge in [0.25, 0.3) is 11.8 Å². The van der Waals surface area contributed by atoms with Crippen LogP contribution in [0.1, 0.15) is 16.9 Å². The first kappa shape index (κ1) is 24.3. The zero-order chi connectivity index (χ0) is 26.1. The molecule has 5 rings (SSSR count). The van der Waals surface area contributed by atoms with Crippen LogP contribution in [0.15, 0.2) is 61.2 Å². The molecule has 0 saturated carbocycles. The molecule has 3 aromatic heterocycles. The molecule has 13 heteroatoms. The summed E-state index contributed by atoms with van der Waals surface area (Å²) in [5.74, 6) is -1.98. The van der Waals surface area contributed by atoms with E-state index in [0.717, 1.165) is 20.4 Å². The van der Waals surface area contributed by atoms with Crippen molar-refractivity contribution in [2.24, 2.45) is 5.73 Å². The van der Waals surface area contributed by atoms with Crippen molar-refractivity contribution < 1.29 is 18.8 Å². The van der Waals surface area contributed by atoms with E-state index < -0.39 is 29.9 Å². The maximum absolute atomic E-state index is 14.4. The first-order chi connectivity index (χ1) is 17.8. The monoisotopic (exact) mass is 522 g/mol. The molecule has 0 spiro atoms. The zero-order valence-electron chi connectivity index (χ0n) is 19.2. The molecule has 2 N–H and O–H groups in total. The van der Waals surface area contributed by atoms with Crippen LogP contribution in [0.3, 0.4) is 0 Å². The Kier molecular flexibility index (Phi) is 6.49. The number of benzene rings is 1. The number of pyridine rings is 1. The third kappa shape index (κ3) is 4.70. The van der Waals surface area contributed by atoms with E-state index in [2.05, 4.69) is 20.3 Å². The standard InChI is InChI=1S/C24H20ClFN8O3/c25-34(17-2-1-6-28-11-17)24(37)20-9-16(26)12-32(20)21(35)13-33-19-4-3-14(15-5-7-29-30-10-15)8-18(19)22(31-33)23(27)36/h1-8,10-11,16,20H,9,12-13H2,(H2,27,36)/t16-,20+/m1/s1. The molecule has 1 saturated heterocycles. The topological polar surface area (TPSA) is 140 Å². The molecule has 1 fully saturated rings. The van der Waals surface area contributed by atoms with E-state index in [0.29, 0.717) is 16.6 Å². The first-order valence-corrected chi connectivity index (χ1v) is 11.6. The van der Waals surface area contributed by atoms with Crippen LogP contribution in [0.2, 0.25) is 0 Å². The van der Waals surface area contributed by atoms with Gasteiger partial charge in [0.15, 0.2) is 5.69 Å². The number of likely N-dealkylation sites (tertiary alicyclic amines) is 1. The van der Waals surface area contributed by atoms with Crippen molar-refractivity contribution >= 4 is 46.1 Å². The molecule has 4 aromatic rings. The van der Waals surface area contributed by atoms with Gasteiger partial charge < -0.3 is 10.6 Å². The summed E-state index contributed by atoms with van der Waals surface area (Å²) in [6.07, 6.45) is 4.43. The number of rotatable bonds is 6. The summed E-state index contributed by atoms with van der Waals surface area (Å²) in [5, 5.41) is 12.3. The van der Waals surface area contributed by atoms with Crippen molar-refractivity contribution in [1.82, 2.24) is 29.9 Å². The number of halogens is 2. The molecule has 4 heterocycles. The number of primary amides is 1. The Balaban J connectivity index is 1.43. The van der Waals surface area contributed by atoms with E-state index in [1.165, 1.54) is 17.1 Å². The summed E-state index contributed by atoms with van der Waals surface area (Å²) in [7, 11) is 0. The maximum Gasteiger partial charge on any atom is 0.269 e. The average molecular weight is 523 g/mol. The summed E-state index contributed by atoms with van der Waals surface area (Å²) in [4.78, 5) is 43.5. The minimum Gasteiger partial charge on any atom is -0.364 e. The van der Waals surface area contributed by atoms with Crippen molar-refractivity contribution in [3.8, 4) is 11.1 Å². The fraction of sp³-hybridized carbons (Fsp3) is 0.208. The van der Waals surface area contributed by atoms with Crippen LogP contribution in [-0.4, -0.2) is 66.3 Å². The molecule has 11 nitrogen and oxygen atoms in total. The van der Waals surface area contributed by atoms with Gasteiger partial charge in [0.05, 0.1) is 36.3 Å². The van der Waals surface area contributed by atoms with Crippen LogP contribution in [0, 0.1) is 0 Å². The van der Waals surface area contributed by atoms with Gasteiger partial charge in [-0.25, -0.2) is 8.81 Å². The molecule has 0 bridgehead atoms. The molecular formula is C24H20ClFN8O3. The van der Waals surface area contributed by atoms with Gasteiger partial charge in [-0.2, -0.15) is 15.3 Å². The number of nitrogens with zero attached hydrogens (tertiary/aromatic N) is 7. The van der Waals surface area contributed by atoms with Crippen molar-refractivity contribution in [2.75, 3.05) is 11.0 Å². The predicted octanol–water partition coefficient (Wildman–Crippen LogP) is 2.11. The largest absolute Gasteiger partial charge is 0.364 e. The smallest absolute Gasteiger partial charge is 0.269 e. The molecular weight excluding hydrogens is 503 g/mol. The highest BCUT2D eigenvalue weighted by atomic mass is 35.5. The van der Waals surface area contributed by atoms with Crippen LogP contribution < -0.4 is 10.2 Å². The molecule has 37 heavy (non-hydrogen) atoms. The lowest BCUT2D eigenvalue weighted by atomic mass is 10.0. The Hall–Kier alpha value is -4.45. The van der Waals surface area contributed by atoms with E-state index >= 15 is 0 Å². The van der Waals surface area contributed by atoms with E-state index in [4.69, 9.17) is 17.5 Å². The minimum absolute atomic E-state index is 0.0207. The van der Waals surface area contributed by atoms with Gasteiger partial charge in [-0.3, -0.25) is 24.0 Å². The molecule has 1 aromatic carbocycles. The van der Waals surface area contributed by atoms with E-state index in [-0.39, 0.29) is 25.2 Å². The van der Waals surface area contributed by atoms with Gasteiger partial charge in [-0.15, -0.1) is 0 Å². The number of aromatic nitrogens is 5. The van der Waals surface area contributed by atoms with Gasteiger partial charge >= 0.3 is 0 Å². The lowest BCUT2D eigenvalue weighted by Gasteiger charge is -2.26.